The Hall–Kier alpha value is -2.97. The number of nitrogens with zero attached hydrogens (tertiary/aromatic N) is 3. The standard InChI is InChI=1S/C58H114N2O5.C54H106O4.C6H13NO2.ClH/c1-8-13-18-21-26-31-38-50-60(56(61)48-41-49-59(6)7)55(46-36-29-24-22-27-32-39-51-64-57(62)53(42-16-11-4)44-34-19-14-9-2)47-37-30-25-23-28-33-40-52-65-58(63)54(43-17-12-5)45-35-20-15-10-3;1-6-11-16-19-20-21-24-29-34-41-50(42-35-30-25-22-27-32-39-48-57-53(55)51(44-14-9-4)46-37-17-12-7-2)43-36-31-26-23-28-33-40-49-58-54(56)52(45-15-10-5)47-38-18-13-8-3;1-7(2)5-3-4-6(8)9;/h53-55H,8-52H2,1-7H3;50-52H,6-49H2,1-5H3;3-5H2,1-2H3,(H,8,9);1H. The van der Waals surface area contributed by atoms with E-state index in [0.717, 1.165) is 212 Å². The molecule has 0 aliphatic carbocycles. The average Bonchev–Trinajstić information content (AvgIpc) is 0.881. The summed E-state index contributed by atoms with van der Waals surface area (Å²) in [5.41, 5.74) is 0. The maximum atomic E-state index is 13.9. The maximum Gasteiger partial charge on any atom is 0.308 e. The van der Waals surface area contributed by atoms with E-state index in [-0.39, 0.29) is 66.4 Å². The van der Waals surface area contributed by atoms with E-state index in [0.29, 0.717) is 44.8 Å². The number of carboxylic acid groups (broad SMARTS) is 1. The monoisotopic (exact) mass is 1900 g/mol. The fourth-order valence-corrected chi connectivity index (χ4v) is 18.9. The second-order valence-electron chi connectivity index (χ2n) is 41.5. The van der Waals surface area contributed by atoms with Crippen LogP contribution in [0.2, 0.25) is 0 Å². The first-order valence-corrected chi connectivity index (χ1v) is 58.9. The molecule has 794 valence electrons. The highest BCUT2D eigenvalue weighted by Crippen LogP contribution is 2.30. The number of unbranched alkanes of at least 4 members (excludes halogenated alkanes) is 54. The third kappa shape index (κ3) is 99.0. The van der Waals surface area contributed by atoms with Crippen molar-refractivity contribution in [2.45, 2.75) is 621 Å². The van der Waals surface area contributed by atoms with Gasteiger partial charge in [0, 0.05) is 25.4 Å². The lowest BCUT2D eigenvalue weighted by atomic mass is 9.89. The van der Waals surface area contributed by atoms with Gasteiger partial charge in [0.1, 0.15) is 0 Å². The molecule has 1 N–H and O–H groups in total. The molecule has 1 amide bonds. The molecule has 4 atom stereocenters. The quantitative estimate of drug-likeness (QED) is 0.0347. The van der Waals surface area contributed by atoms with E-state index >= 15 is 0 Å². The summed E-state index contributed by atoms with van der Waals surface area (Å²) in [6, 6.07) is 0.354. The molecule has 0 bridgehead atoms. The van der Waals surface area contributed by atoms with Gasteiger partial charge < -0.3 is 38.8 Å². The van der Waals surface area contributed by atoms with Crippen LogP contribution in [0.4, 0.5) is 0 Å². The van der Waals surface area contributed by atoms with Gasteiger partial charge in [-0.2, -0.15) is 0 Å². The van der Waals surface area contributed by atoms with E-state index < -0.39 is 5.97 Å². The molecule has 0 fully saturated rings. The van der Waals surface area contributed by atoms with Crippen molar-refractivity contribution in [1.82, 2.24) is 14.7 Å². The highest BCUT2D eigenvalue weighted by atomic mass is 35.5. The van der Waals surface area contributed by atoms with E-state index in [4.69, 9.17) is 24.1 Å². The fraction of sp³-hybridized carbons (Fsp3) is 0.949. The van der Waals surface area contributed by atoms with E-state index in [1.54, 1.807) is 0 Å². The first kappa shape index (κ1) is 136. The van der Waals surface area contributed by atoms with Crippen molar-refractivity contribution in [2.75, 3.05) is 74.3 Å². The molecule has 0 aliphatic rings. The summed E-state index contributed by atoms with van der Waals surface area (Å²) < 4.78 is 23.1. The van der Waals surface area contributed by atoms with Crippen molar-refractivity contribution in [3.8, 4) is 0 Å². The summed E-state index contributed by atoms with van der Waals surface area (Å²) in [6.07, 6.45) is 102. The van der Waals surface area contributed by atoms with Gasteiger partial charge in [0.05, 0.1) is 50.1 Å². The van der Waals surface area contributed by atoms with Crippen molar-refractivity contribution in [3.63, 3.8) is 0 Å². The van der Waals surface area contributed by atoms with Gasteiger partial charge in [0.15, 0.2) is 0 Å². The van der Waals surface area contributed by atoms with Crippen molar-refractivity contribution in [1.29, 1.82) is 0 Å². The molecule has 0 aromatic heterocycles. The lowest BCUT2D eigenvalue weighted by Crippen LogP contribution is -2.41. The summed E-state index contributed by atoms with van der Waals surface area (Å²) in [5, 5.41) is 8.21. The van der Waals surface area contributed by atoms with Crippen molar-refractivity contribution in [3.05, 3.63) is 0 Å². The number of hydrogen-bond donors (Lipinski definition) is 1. The molecule has 0 heterocycles. The number of ether oxygens (including phenoxy) is 4. The lowest BCUT2D eigenvalue weighted by Gasteiger charge is -2.33. The molecule has 4 unspecified atom stereocenters. The SMILES string of the molecule is CCCCCCCCCCCC(CCCCCCCCCOC(=O)C(CCCC)CCCCCC)CCCCCCCCCOC(=O)C(CCCC)CCCCCC.CCCCCCCCCN(C(=O)CCCN(C)C)C(CCCCCCCCCOC(=O)C(CCCC)CCCCCC)CCCCCCCCCOC(=O)C(CCCC)CCCCCC.CN(C)CCCC(=O)O.Cl. The third-order valence-electron chi connectivity index (χ3n) is 27.9. The van der Waals surface area contributed by atoms with Crippen LogP contribution in [0.1, 0.15) is 615 Å². The van der Waals surface area contributed by atoms with Crippen LogP contribution in [-0.2, 0) is 47.7 Å². The number of aliphatic carboxylic acids is 1. The summed E-state index contributed by atoms with van der Waals surface area (Å²) in [6.45, 7) is 27.5. The topological polar surface area (TPSA) is 169 Å². The van der Waals surface area contributed by atoms with Gasteiger partial charge in [-0.3, -0.25) is 28.8 Å². The Balaban J connectivity index is -0.00000114. The van der Waals surface area contributed by atoms with E-state index in [2.05, 4.69) is 93.1 Å². The molecule has 133 heavy (non-hydrogen) atoms. The minimum atomic E-state index is -0.711. The van der Waals surface area contributed by atoms with Gasteiger partial charge in [-0.15, -0.1) is 12.4 Å². The normalized spacial score (nSPS) is 12.8. The number of hydrogen-bond acceptors (Lipinski definition) is 12. The number of halogens is 1. The Morgan fingerprint density at radius 2 is 0.398 bits per heavy atom. The van der Waals surface area contributed by atoms with Crippen LogP contribution in [0.3, 0.4) is 0 Å². The molecular weight excluding hydrogens is 1670 g/mol. The smallest absolute Gasteiger partial charge is 0.308 e. The van der Waals surface area contributed by atoms with Gasteiger partial charge in [0.25, 0.3) is 0 Å². The van der Waals surface area contributed by atoms with Gasteiger partial charge in [-0.25, -0.2) is 0 Å². The zero-order valence-corrected chi connectivity index (χ0v) is 92.6. The number of carbonyl (C=O) groups excluding carboxylic acids is 5. The Kier molecular flexibility index (Phi) is 114. The molecular formula is C118H234ClN3O11. The maximum absolute atomic E-state index is 13.9. The zero-order chi connectivity index (χ0) is 97.5. The van der Waals surface area contributed by atoms with Crippen molar-refractivity contribution in [2.24, 2.45) is 29.6 Å². The summed E-state index contributed by atoms with van der Waals surface area (Å²) in [4.78, 5) is 81.6. The zero-order valence-electron chi connectivity index (χ0n) is 91.8. The highest BCUT2D eigenvalue weighted by Gasteiger charge is 2.26. The number of carbonyl (C=O) groups is 6. The Labute approximate surface area is 835 Å². The average molecular weight is 1910 g/mol. The first-order valence-electron chi connectivity index (χ1n) is 58.9. The predicted molar refractivity (Wildman–Crippen MR) is 578 cm³/mol. The highest BCUT2D eigenvalue weighted by molar-refractivity contribution is 5.85. The van der Waals surface area contributed by atoms with Crippen LogP contribution in [0.15, 0.2) is 0 Å². The van der Waals surface area contributed by atoms with Crippen LogP contribution in [-0.4, -0.2) is 136 Å². The molecule has 0 aliphatic heterocycles. The predicted octanol–water partition coefficient (Wildman–Crippen LogP) is 36.4. The van der Waals surface area contributed by atoms with Crippen LogP contribution >= 0.6 is 12.4 Å². The third-order valence-corrected chi connectivity index (χ3v) is 27.9. The molecule has 0 radical (unpaired) electrons. The molecule has 14 nitrogen and oxygen atoms in total. The number of carboxylic acids is 1. The fourth-order valence-electron chi connectivity index (χ4n) is 18.9. The minimum Gasteiger partial charge on any atom is -0.481 e. The molecule has 0 aromatic carbocycles. The van der Waals surface area contributed by atoms with Gasteiger partial charge >= 0.3 is 29.8 Å². The van der Waals surface area contributed by atoms with Crippen molar-refractivity contribution < 1.29 is 52.8 Å². The molecule has 0 saturated heterocycles. The Morgan fingerprint density at radius 3 is 0.632 bits per heavy atom. The van der Waals surface area contributed by atoms with E-state index in [9.17, 15) is 28.8 Å². The molecule has 0 spiro atoms. The van der Waals surface area contributed by atoms with Crippen LogP contribution in [0.25, 0.3) is 0 Å². The van der Waals surface area contributed by atoms with E-state index in [1.807, 2.05) is 19.0 Å². The van der Waals surface area contributed by atoms with E-state index in [1.165, 1.54) is 347 Å². The van der Waals surface area contributed by atoms with Gasteiger partial charge in [0.2, 0.25) is 5.91 Å². The summed E-state index contributed by atoms with van der Waals surface area (Å²) in [5.74, 6) is 1.28. The largest absolute Gasteiger partial charge is 0.481 e. The summed E-state index contributed by atoms with van der Waals surface area (Å²) in [7, 11) is 8.08. The van der Waals surface area contributed by atoms with Crippen LogP contribution < -0.4 is 0 Å². The Morgan fingerprint density at radius 1 is 0.211 bits per heavy atom. The molecule has 15 heteroatoms. The lowest BCUT2D eigenvalue weighted by molar-refractivity contribution is -0.150. The minimum absolute atomic E-state index is 0. The van der Waals surface area contributed by atoms with Crippen molar-refractivity contribution >= 4 is 48.2 Å². The molecule has 0 aromatic rings. The number of amides is 1. The first-order chi connectivity index (χ1) is 64.4. The van der Waals surface area contributed by atoms with Crippen LogP contribution in [0, 0.1) is 29.6 Å². The summed E-state index contributed by atoms with van der Waals surface area (Å²) >= 11 is 0. The Bertz CT molecular complexity index is 2270. The molecule has 0 rings (SSSR count). The number of rotatable bonds is 103. The second-order valence-corrected chi connectivity index (χ2v) is 41.5. The van der Waals surface area contributed by atoms with Gasteiger partial charge in [-0.1, -0.05) is 493 Å². The number of esters is 4. The van der Waals surface area contributed by atoms with Crippen LogP contribution in [0.5, 0.6) is 0 Å². The second kappa shape index (κ2) is 111. The van der Waals surface area contributed by atoms with Gasteiger partial charge in [-0.05, 0) is 156 Å². The molecule has 0 saturated carbocycles.